The number of anilines is 1. The molecular formula is C23H22ClFN6O3. The summed E-state index contributed by atoms with van der Waals surface area (Å²) in [5.41, 5.74) is 5.72. The molecule has 3 aromatic rings. The number of hydrogen-bond donors (Lipinski definition) is 2. The zero-order valence-electron chi connectivity index (χ0n) is 18.1. The van der Waals surface area contributed by atoms with Crippen LogP contribution in [0.15, 0.2) is 36.4 Å². The van der Waals surface area contributed by atoms with Crippen molar-refractivity contribution in [2.45, 2.75) is 44.3 Å². The normalized spacial score (nSPS) is 21.6. The van der Waals surface area contributed by atoms with Crippen molar-refractivity contribution >= 4 is 46.0 Å². The fourth-order valence-corrected chi connectivity index (χ4v) is 5.40. The van der Waals surface area contributed by atoms with Crippen molar-refractivity contribution in [3.8, 4) is 0 Å². The van der Waals surface area contributed by atoms with Crippen molar-refractivity contribution in [2.75, 3.05) is 5.32 Å². The molecule has 1 aliphatic carbocycles. The maximum absolute atomic E-state index is 13.8. The topological polar surface area (TPSA) is 123 Å². The number of primary amides is 1. The van der Waals surface area contributed by atoms with E-state index in [9.17, 15) is 18.8 Å². The van der Waals surface area contributed by atoms with Crippen LogP contribution in [0.4, 0.5) is 10.2 Å². The number of benzene rings is 1. The predicted octanol–water partition coefficient (Wildman–Crippen LogP) is 2.73. The minimum absolute atomic E-state index is 0.0505. The Morgan fingerprint density at radius 1 is 1.21 bits per heavy atom. The second kappa shape index (κ2) is 8.68. The Kier molecular flexibility index (Phi) is 5.68. The van der Waals surface area contributed by atoms with Gasteiger partial charge in [0.05, 0.1) is 5.52 Å². The van der Waals surface area contributed by atoms with Gasteiger partial charge in [0.2, 0.25) is 11.8 Å². The highest BCUT2D eigenvalue weighted by Crippen LogP contribution is 2.41. The molecule has 1 saturated heterocycles. The van der Waals surface area contributed by atoms with Gasteiger partial charge in [0, 0.05) is 11.4 Å². The lowest BCUT2D eigenvalue weighted by Gasteiger charge is -2.29. The lowest BCUT2D eigenvalue weighted by molar-refractivity contribution is -0.139. The molecular weight excluding hydrogens is 463 g/mol. The Labute approximate surface area is 199 Å². The molecule has 5 rings (SSSR count). The highest BCUT2D eigenvalue weighted by molar-refractivity contribution is 6.29. The standard InChI is InChI=1S/C23H22ClFN6O3/c24-18-5-2-6-19(27-18)28-23(34)17-9-12-3-1-4-15(12)31(17)20(32)11-30-16-8-7-13(25)10-14(16)21(29-30)22(26)33/h2,5-8,10,12,15,17H,1,3-4,9,11H2,(H2,26,33)(H,27,28,34)/t12-,15-,17-/m0/s1. The van der Waals surface area contributed by atoms with E-state index in [2.05, 4.69) is 15.4 Å². The maximum atomic E-state index is 13.8. The molecule has 176 valence electrons. The van der Waals surface area contributed by atoms with Crippen LogP contribution in [-0.4, -0.2) is 49.5 Å². The molecule has 1 saturated carbocycles. The van der Waals surface area contributed by atoms with Gasteiger partial charge >= 0.3 is 0 Å². The van der Waals surface area contributed by atoms with Gasteiger partial charge in [-0.3, -0.25) is 19.1 Å². The van der Waals surface area contributed by atoms with Crippen molar-refractivity contribution in [3.05, 3.63) is 53.1 Å². The molecule has 0 unspecified atom stereocenters. The molecule has 0 bridgehead atoms. The van der Waals surface area contributed by atoms with Crippen molar-refractivity contribution in [3.63, 3.8) is 0 Å². The third kappa shape index (κ3) is 3.98. The molecule has 3 N–H and O–H groups in total. The lowest BCUT2D eigenvalue weighted by Crippen LogP contribution is -2.48. The van der Waals surface area contributed by atoms with E-state index in [1.54, 1.807) is 23.1 Å². The van der Waals surface area contributed by atoms with Gasteiger partial charge < -0.3 is 16.0 Å². The van der Waals surface area contributed by atoms with Crippen LogP contribution >= 0.6 is 11.6 Å². The summed E-state index contributed by atoms with van der Waals surface area (Å²) in [6.07, 6.45) is 3.30. The summed E-state index contributed by atoms with van der Waals surface area (Å²) in [5.74, 6) is -1.45. The molecule has 11 heteroatoms. The monoisotopic (exact) mass is 484 g/mol. The molecule has 1 aliphatic heterocycles. The molecule has 3 atom stereocenters. The van der Waals surface area contributed by atoms with Crippen LogP contribution in [0, 0.1) is 11.7 Å². The van der Waals surface area contributed by atoms with Crippen LogP contribution in [0.3, 0.4) is 0 Å². The Bertz CT molecular complexity index is 1310. The number of amides is 3. The van der Waals surface area contributed by atoms with Crippen LogP contribution in [0.25, 0.3) is 10.9 Å². The number of nitrogens with one attached hydrogen (secondary N) is 1. The summed E-state index contributed by atoms with van der Waals surface area (Å²) in [6, 6.07) is 8.05. The van der Waals surface area contributed by atoms with Gasteiger partial charge in [-0.2, -0.15) is 5.10 Å². The molecule has 3 heterocycles. The Morgan fingerprint density at radius 2 is 2.03 bits per heavy atom. The summed E-state index contributed by atoms with van der Waals surface area (Å²) < 4.78 is 15.1. The minimum Gasteiger partial charge on any atom is -0.364 e. The number of pyridine rings is 1. The molecule has 1 aromatic carbocycles. The molecule has 2 fully saturated rings. The minimum atomic E-state index is -0.815. The van der Waals surface area contributed by atoms with Gasteiger partial charge in [0.15, 0.2) is 5.69 Å². The van der Waals surface area contributed by atoms with Crippen LogP contribution < -0.4 is 11.1 Å². The van der Waals surface area contributed by atoms with Crippen LogP contribution in [-0.2, 0) is 16.1 Å². The largest absolute Gasteiger partial charge is 0.364 e. The second-order valence-electron chi connectivity index (χ2n) is 8.68. The van der Waals surface area contributed by atoms with E-state index in [0.717, 1.165) is 19.3 Å². The quantitative estimate of drug-likeness (QED) is 0.539. The van der Waals surface area contributed by atoms with Gasteiger partial charge in [-0.1, -0.05) is 24.1 Å². The summed E-state index contributed by atoms with van der Waals surface area (Å²) in [7, 11) is 0. The van der Waals surface area contributed by atoms with E-state index < -0.39 is 17.8 Å². The Morgan fingerprint density at radius 3 is 2.79 bits per heavy atom. The highest BCUT2D eigenvalue weighted by Gasteiger charge is 2.48. The zero-order chi connectivity index (χ0) is 24.0. The van der Waals surface area contributed by atoms with Gasteiger partial charge in [0.1, 0.15) is 29.4 Å². The Balaban J connectivity index is 1.43. The zero-order valence-corrected chi connectivity index (χ0v) is 18.8. The fourth-order valence-electron chi connectivity index (χ4n) is 5.23. The summed E-state index contributed by atoms with van der Waals surface area (Å²) in [5, 5.41) is 7.43. The van der Waals surface area contributed by atoms with Gasteiger partial charge in [0.25, 0.3) is 5.91 Å². The molecule has 2 aliphatic rings. The van der Waals surface area contributed by atoms with Gasteiger partial charge in [-0.05, 0) is 55.5 Å². The van der Waals surface area contributed by atoms with Crippen molar-refractivity contribution in [2.24, 2.45) is 11.7 Å². The van der Waals surface area contributed by atoms with E-state index in [0.29, 0.717) is 17.8 Å². The van der Waals surface area contributed by atoms with Crippen molar-refractivity contribution in [1.29, 1.82) is 0 Å². The molecule has 0 spiro atoms. The van der Waals surface area contributed by atoms with E-state index in [1.807, 2.05) is 0 Å². The number of hydrogen-bond acceptors (Lipinski definition) is 5. The average Bonchev–Trinajstić information content (AvgIpc) is 3.46. The summed E-state index contributed by atoms with van der Waals surface area (Å²) in [6.45, 7) is -0.210. The number of aromatic nitrogens is 3. The van der Waals surface area contributed by atoms with E-state index >= 15 is 0 Å². The predicted molar refractivity (Wildman–Crippen MR) is 122 cm³/mol. The number of nitrogens with two attached hydrogens (primary N) is 1. The van der Waals surface area contributed by atoms with E-state index in [1.165, 1.54) is 22.9 Å². The van der Waals surface area contributed by atoms with Crippen molar-refractivity contribution < 1.29 is 18.8 Å². The first-order valence-electron chi connectivity index (χ1n) is 11.0. The maximum Gasteiger partial charge on any atom is 0.269 e. The average molecular weight is 485 g/mol. The molecule has 3 amide bonds. The highest BCUT2D eigenvalue weighted by atomic mass is 35.5. The first-order valence-corrected chi connectivity index (χ1v) is 11.4. The smallest absolute Gasteiger partial charge is 0.269 e. The second-order valence-corrected chi connectivity index (χ2v) is 9.06. The number of carbonyl (C=O) groups is 3. The first-order chi connectivity index (χ1) is 16.3. The van der Waals surface area contributed by atoms with Crippen LogP contribution in [0.5, 0.6) is 0 Å². The number of fused-ring (bicyclic) bond motifs is 2. The molecule has 9 nitrogen and oxygen atoms in total. The van der Waals surface area contributed by atoms with Gasteiger partial charge in [-0.15, -0.1) is 0 Å². The lowest BCUT2D eigenvalue weighted by atomic mass is 10.0. The summed E-state index contributed by atoms with van der Waals surface area (Å²) in [4.78, 5) is 44.2. The third-order valence-corrected chi connectivity index (χ3v) is 6.84. The Hall–Kier alpha value is -3.53. The number of rotatable bonds is 5. The van der Waals surface area contributed by atoms with E-state index in [4.69, 9.17) is 17.3 Å². The fraction of sp³-hybridized carbons (Fsp3) is 0.348. The van der Waals surface area contributed by atoms with Crippen LogP contribution in [0.1, 0.15) is 36.2 Å². The third-order valence-electron chi connectivity index (χ3n) is 6.63. The molecule has 2 aromatic heterocycles. The SMILES string of the molecule is NC(=O)c1nn(CC(=O)N2[C@H](C(=O)Nc3cccc(Cl)n3)C[C@@H]3CCC[C@@H]32)c2ccc(F)cc12. The van der Waals surface area contributed by atoms with Crippen LogP contribution in [0.2, 0.25) is 5.15 Å². The van der Waals surface area contributed by atoms with Gasteiger partial charge in [-0.25, -0.2) is 9.37 Å². The molecule has 0 radical (unpaired) electrons. The number of carbonyl (C=O) groups excluding carboxylic acids is 3. The van der Waals surface area contributed by atoms with Crippen molar-refractivity contribution in [1.82, 2.24) is 19.7 Å². The number of nitrogens with zero attached hydrogens (tertiary/aromatic N) is 4. The molecule has 34 heavy (non-hydrogen) atoms. The van der Waals surface area contributed by atoms with E-state index in [-0.39, 0.29) is 46.6 Å². The summed E-state index contributed by atoms with van der Waals surface area (Å²) >= 11 is 5.92. The first kappa shape index (κ1) is 22.3. The number of likely N-dealkylation sites (tertiary alicyclic amines) is 1. The number of halogens is 2.